The van der Waals surface area contributed by atoms with Crippen molar-refractivity contribution < 1.29 is 4.79 Å². The molecule has 1 aliphatic rings. The van der Waals surface area contributed by atoms with Crippen molar-refractivity contribution in [1.82, 2.24) is 15.3 Å². The molecule has 1 aliphatic carbocycles. The Labute approximate surface area is 152 Å². The average molecular weight is 344 g/mol. The number of amides is 1. The minimum Gasteiger partial charge on any atom is -0.345 e. The Hall–Kier alpha value is -3.21. The van der Waals surface area contributed by atoms with E-state index in [2.05, 4.69) is 38.8 Å². The molecule has 0 saturated carbocycles. The highest BCUT2D eigenvalue weighted by Crippen LogP contribution is 2.29. The van der Waals surface area contributed by atoms with E-state index >= 15 is 0 Å². The number of rotatable bonds is 4. The fourth-order valence-electron chi connectivity index (χ4n) is 3.38. The predicted molar refractivity (Wildman–Crippen MR) is 101 cm³/mol. The van der Waals surface area contributed by atoms with E-state index in [0.717, 1.165) is 24.9 Å². The third-order valence-electron chi connectivity index (χ3n) is 4.62. The number of carbonyl (C=O) groups excluding carboxylic acids is 1. The number of aromatic nitrogens is 2. The zero-order valence-electron chi connectivity index (χ0n) is 14.4. The van der Waals surface area contributed by atoms with Crippen molar-refractivity contribution in [3.05, 3.63) is 83.7 Å². The van der Waals surface area contributed by atoms with Crippen LogP contribution in [0.1, 0.15) is 40.4 Å². The van der Waals surface area contributed by atoms with E-state index in [9.17, 15) is 4.79 Å². The summed E-state index contributed by atoms with van der Waals surface area (Å²) in [7, 11) is 0. The molecule has 0 saturated heterocycles. The van der Waals surface area contributed by atoms with E-state index in [1.54, 1.807) is 18.5 Å². The molecule has 1 atom stereocenters. The molecule has 3 aromatic rings. The quantitative estimate of drug-likeness (QED) is 0.750. The van der Waals surface area contributed by atoms with Crippen LogP contribution in [0.3, 0.4) is 0 Å². The molecule has 0 bridgehead atoms. The summed E-state index contributed by atoms with van der Waals surface area (Å²) in [6.07, 6.45) is 6.49. The zero-order chi connectivity index (χ0) is 17.8. The van der Waals surface area contributed by atoms with Crippen LogP contribution < -0.4 is 10.6 Å². The number of aryl methyl sites for hydroxylation is 1. The highest BCUT2D eigenvalue weighted by Gasteiger charge is 2.21. The summed E-state index contributed by atoms with van der Waals surface area (Å²) in [6, 6.07) is 17.6. The Morgan fingerprint density at radius 3 is 2.73 bits per heavy atom. The summed E-state index contributed by atoms with van der Waals surface area (Å²) in [6.45, 7) is 0. The monoisotopic (exact) mass is 344 g/mol. The van der Waals surface area contributed by atoms with Crippen LogP contribution in [0.4, 0.5) is 11.6 Å². The third kappa shape index (κ3) is 3.57. The lowest BCUT2D eigenvalue weighted by Crippen LogP contribution is -2.31. The van der Waals surface area contributed by atoms with Crippen LogP contribution in [0.25, 0.3) is 0 Å². The van der Waals surface area contributed by atoms with Gasteiger partial charge in [-0.05, 0) is 54.7 Å². The molecule has 130 valence electrons. The average Bonchev–Trinajstić information content (AvgIpc) is 2.69. The first-order valence-corrected chi connectivity index (χ1v) is 8.82. The molecule has 5 nitrogen and oxygen atoms in total. The van der Waals surface area contributed by atoms with Crippen LogP contribution in [0.15, 0.2) is 67.0 Å². The zero-order valence-corrected chi connectivity index (χ0v) is 14.4. The molecular formula is C21H20N4O. The Bertz CT molecular complexity index is 911. The second-order valence-electron chi connectivity index (χ2n) is 6.40. The van der Waals surface area contributed by atoms with E-state index in [1.807, 2.05) is 30.3 Å². The van der Waals surface area contributed by atoms with Gasteiger partial charge in [-0.2, -0.15) is 0 Å². The van der Waals surface area contributed by atoms with Crippen LogP contribution in [-0.2, 0) is 6.42 Å². The van der Waals surface area contributed by atoms with Crippen LogP contribution in [-0.4, -0.2) is 15.9 Å². The summed E-state index contributed by atoms with van der Waals surface area (Å²) in [5.41, 5.74) is 3.97. The molecule has 1 unspecified atom stereocenters. The molecule has 2 N–H and O–H groups in total. The van der Waals surface area contributed by atoms with E-state index in [4.69, 9.17) is 0 Å². The van der Waals surface area contributed by atoms with Crippen LogP contribution in [0.5, 0.6) is 0 Å². The fraction of sp³-hybridized carbons (Fsp3) is 0.190. The van der Waals surface area contributed by atoms with Gasteiger partial charge in [-0.3, -0.25) is 4.79 Å². The SMILES string of the molecule is O=C(NC1CCCc2ccccc21)c1cccc(Nc2ncccn2)c1. The van der Waals surface area contributed by atoms with Gasteiger partial charge in [0.05, 0.1) is 6.04 Å². The summed E-state index contributed by atoms with van der Waals surface area (Å²) in [5, 5.41) is 6.30. The highest BCUT2D eigenvalue weighted by atomic mass is 16.1. The number of benzene rings is 2. The first-order chi connectivity index (χ1) is 12.8. The van der Waals surface area contributed by atoms with E-state index in [1.165, 1.54) is 11.1 Å². The molecule has 26 heavy (non-hydrogen) atoms. The molecule has 0 fully saturated rings. The van der Waals surface area contributed by atoms with Gasteiger partial charge in [-0.25, -0.2) is 9.97 Å². The van der Waals surface area contributed by atoms with Gasteiger partial charge in [0.15, 0.2) is 0 Å². The van der Waals surface area contributed by atoms with Gasteiger partial charge in [0, 0.05) is 23.6 Å². The van der Waals surface area contributed by atoms with Crippen molar-refractivity contribution in [3.8, 4) is 0 Å². The molecule has 0 aliphatic heterocycles. The predicted octanol–water partition coefficient (Wildman–Crippen LogP) is 4.03. The van der Waals surface area contributed by atoms with Gasteiger partial charge in [0.25, 0.3) is 5.91 Å². The first kappa shape index (κ1) is 16.3. The molecule has 0 radical (unpaired) electrons. The first-order valence-electron chi connectivity index (χ1n) is 8.82. The van der Waals surface area contributed by atoms with Crippen molar-refractivity contribution in [2.75, 3.05) is 5.32 Å². The summed E-state index contributed by atoms with van der Waals surface area (Å²) >= 11 is 0. The molecular weight excluding hydrogens is 324 g/mol. The van der Waals surface area contributed by atoms with Gasteiger partial charge < -0.3 is 10.6 Å². The second-order valence-corrected chi connectivity index (χ2v) is 6.40. The molecule has 5 heteroatoms. The van der Waals surface area contributed by atoms with Crippen molar-refractivity contribution in [2.45, 2.75) is 25.3 Å². The maximum Gasteiger partial charge on any atom is 0.251 e. The lowest BCUT2D eigenvalue weighted by Gasteiger charge is -2.26. The Morgan fingerprint density at radius 2 is 1.85 bits per heavy atom. The smallest absolute Gasteiger partial charge is 0.251 e. The minimum atomic E-state index is -0.0654. The maximum absolute atomic E-state index is 12.8. The number of nitrogens with one attached hydrogen (secondary N) is 2. The van der Waals surface area contributed by atoms with Crippen molar-refractivity contribution in [2.24, 2.45) is 0 Å². The number of fused-ring (bicyclic) bond motifs is 1. The second kappa shape index (κ2) is 7.35. The van der Waals surface area contributed by atoms with E-state index in [-0.39, 0.29) is 11.9 Å². The van der Waals surface area contributed by atoms with Gasteiger partial charge in [0.1, 0.15) is 0 Å². The number of hydrogen-bond acceptors (Lipinski definition) is 4. The summed E-state index contributed by atoms with van der Waals surface area (Å²) < 4.78 is 0. The van der Waals surface area contributed by atoms with Gasteiger partial charge in [-0.1, -0.05) is 30.3 Å². The summed E-state index contributed by atoms with van der Waals surface area (Å²) in [5.74, 6) is 0.440. The molecule has 1 amide bonds. The molecule has 4 rings (SSSR count). The molecule has 1 aromatic heterocycles. The Kier molecular flexibility index (Phi) is 4.60. The van der Waals surface area contributed by atoms with Crippen molar-refractivity contribution in [1.29, 1.82) is 0 Å². The topological polar surface area (TPSA) is 66.9 Å². The van der Waals surface area contributed by atoms with Crippen LogP contribution in [0.2, 0.25) is 0 Å². The van der Waals surface area contributed by atoms with E-state index in [0.29, 0.717) is 11.5 Å². The van der Waals surface area contributed by atoms with E-state index < -0.39 is 0 Å². The van der Waals surface area contributed by atoms with Crippen LogP contribution >= 0.6 is 0 Å². The largest absolute Gasteiger partial charge is 0.345 e. The Morgan fingerprint density at radius 1 is 1.00 bits per heavy atom. The maximum atomic E-state index is 12.8. The standard InChI is InChI=1S/C21H20N4O/c26-20(25-19-11-4-7-15-6-1-2-10-18(15)19)16-8-3-9-17(14-16)24-21-22-12-5-13-23-21/h1-3,5-6,8-10,12-14,19H,4,7,11H2,(H,25,26)(H,22,23,24). The lowest BCUT2D eigenvalue weighted by atomic mass is 9.87. The third-order valence-corrected chi connectivity index (χ3v) is 4.62. The number of hydrogen-bond donors (Lipinski definition) is 2. The lowest BCUT2D eigenvalue weighted by molar-refractivity contribution is 0.0933. The van der Waals surface area contributed by atoms with Gasteiger partial charge in [-0.15, -0.1) is 0 Å². The van der Waals surface area contributed by atoms with Crippen molar-refractivity contribution >= 4 is 17.5 Å². The van der Waals surface area contributed by atoms with Gasteiger partial charge in [0.2, 0.25) is 5.95 Å². The van der Waals surface area contributed by atoms with Crippen LogP contribution in [0, 0.1) is 0 Å². The highest BCUT2D eigenvalue weighted by molar-refractivity contribution is 5.95. The summed E-state index contributed by atoms with van der Waals surface area (Å²) in [4.78, 5) is 21.0. The molecule has 0 spiro atoms. The van der Waals surface area contributed by atoms with Gasteiger partial charge >= 0.3 is 0 Å². The number of nitrogens with zero attached hydrogens (tertiary/aromatic N) is 2. The molecule has 2 aromatic carbocycles. The van der Waals surface area contributed by atoms with Crippen molar-refractivity contribution in [3.63, 3.8) is 0 Å². The number of anilines is 2. The Balaban J connectivity index is 1.50. The molecule has 1 heterocycles. The fourth-order valence-corrected chi connectivity index (χ4v) is 3.38. The number of carbonyl (C=O) groups is 1. The minimum absolute atomic E-state index is 0.0654. The normalized spacial score (nSPS) is 15.8.